The lowest BCUT2D eigenvalue weighted by molar-refractivity contribution is -0.134. The number of esters is 3. The average molecular weight is 278 g/mol. The Morgan fingerprint density at radius 3 is 1.75 bits per heavy atom. The molecule has 0 saturated heterocycles. The van der Waals surface area contributed by atoms with Gasteiger partial charge in [-0.3, -0.25) is 0 Å². The van der Waals surface area contributed by atoms with Crippen LogP contribution in [0.25, 0.3) is 6.08 Å². The molecular formula is C14H14O6. The zero-order valence-corrected chi connectivity index (χ0v) is 11.3. The molecule has 0 N–H and O–H groups in total. The molecule has 0 fully saturated rings. The van der Waals surface area contributed by atoms with Crippen LogP contribution in [0.2, 0.25) is 0 Å². The number of ether oxygens (including phenoxy) is 3. The van der Waals surface area contributed by atoms with Crippen LogP contribution in [0.4, 0.5) is 0 Å². The summed E-state index contributed by atoms with van der Waals surface area (Å²) in [6.07, 6.45) is 2.60. The fourth-order valence-corrected chi connectivity index (χ4v) is 1.45. The summed E-state index contributed by atoms with van der Waals surface area (Å²) >= 11 is 0. The lowest BCUT2D eigenvalue weighted by Gasteiger charge is -2.05. The fraction of sp³-hybridized carbons (Fsp3) is 0.214. The normalized spacial score (nSPS) is 10.2. The summed E-state index contributed by atoms with van der Waals surface area (Å²) in [7, 11) is 3.71. The maximum absolute atomic E-state index is 11.5. The van der Waals surface area contributed by atoms with Crippen LogP contribution in [0, 0.1) is 0 Å². The van der Waals surface area contributed by atoms with Crippen LogP contribution in [-0.2, 0) is 19.0 Å². The van der Waals surface area contributed by atoms with Gasteiger partial charge in [0.15, 0.2) is 0 Å². The first kappa shape index (κ1) is 15.4. The van der Waals surface area contributed by atoms with E-state index in [4.69, 9.17) is 0 Å². The maximum Gasteiger partial charge on any atom is 0.337 e. The Balaban J connectivity index is 3.23. The fourth-order valence-electron chi connectivity index (χ4n) is 1.45. The van der Waals surface area contributed by atoms with Crippen LogP contribution < -0.4 is 0 Å². The van der Waals surface area contributed by atoms with Crippen molar-refractivity contribution in [1.82, 2.24) is 0 Å². The highest BCUT2D eigenvalue weighted by Crippen LogP contribution is 2.14. The van der Waals surface area contributed by atoms with Gasteiger partial charge in [-0.2, -0.15) is 0 Å². The largest absolute Gasteiger partial charge is 0.466 e. The van der Waals surface area contributed by atoms with Gasteiger partial charge in [0.2, 0.25) is 0 Å². The Bertz CT molecular complexity index is 525. The van der Waals surface area contributed by atoms with Gasteiger partial charge in [-0.05, 0) is 29.8 Å². The molecule has 0 amide bonds. The van der Waals surface area contributed by atoms with Gasteiger partial charge in [0.25, 0.3) is 0 Å². The third-order valence-electron chi connectivity index (χ3n) is 2.41. The van der Waals surface area contributed by atoms with Crippen molar-refractivity contribution >= 4 is 24.0 Å². The van der Waals surface area contributed by atoms with Crippen LogP contribution in [0.15, 0.2) is 24.3 Å². The SMILES string of the molecule is COC(=O)C=Cc1cc(C(=O)OC)cc(C(=O)OC)c1. The van der Waals surface area contributed by atoms with Crippen LogP contribution in [0.5, 0.6) is 0 Å². The minimum atomic E-state index is -0.594. The maximum atomic E-state index is 11.5. The molecule has 0 aliphatic heterocycles. The molecule has 0 radical (unpaired) electrons. The van der Waals surface area contributed by atoms with Gasteiger partial charge >= 0.3 is 17.9 Å². The van der Waals surface area contributed by atoms with E-state index in [-0.39, 0.29) is 11.1 Å². The number of carbonyl (C=O) groups is 3. The molecular weight excluding hydrogens is 264 g/mol. The Hall–Kier alpha value is -2.63. The number of rotatable bonds is 4. The molecule has 6 heteroatoms. The first-order valence-electron chi connectivity index (χ1n) is 5.59. The van der Waals surface area contributed by atoms with E-state index in [0.717, 1.165) is 0 Å². The molecule has 0 aliphatic rings. The van der Waals surface area contributed by atoms with Crippen molar-refractivity contribution in [3.63, 3.8) is 0 Å². The number of carbonyl (C=O) groups excluding carboxylic acids is 3. The van der Waals surface area contributed by atoms with Gasteiger partial charge in [-0.1, -0.05) is 0 Å². The predicted octanol–water partition coefficient (Wildman–Crippen LogP) is 1.45. The topological polar surface area (TPSA) is 78.9 Å². The minimum absolute atomic E-state index is 0.180. The van der Waals surface area contributed by atoms with Gasteiger partial charge in [-0.25, -0.2) is 14.4 Å². The second kappa shape index (κ2) is 7.08. The second-order valence-corrected chi connectivity index (χ2v) is 3.68. The summed E-state index contributed by atoms with van der Waals surface area (Å²) in [5.41, 5.74) is 0.832. The Kier molecular flexibility index (Phi) is 5.46. The van der Waals surface area contributed by atoms with E-state index in [9.17, 15) is 14.4 Å². The minimum Gasteiger partial charge on any atom is -0.466 e. The summed E-state index contributed by atoms with van der Waals surface area (Å²) in [5, 5.41) is 0. The lowest BCUT2D eigenvalue weighted by atomic mass is 10.1. The van der Waals surface area contributed by atoms with Crippen LogP contribution >= 0.6 is 0 Å². The van der Waals surface area contributed by atoms with E-state index in [1.165, 1.54) is 51.7 Å². The third kappa shape index (κ3) is 3.94. The van der Waals surface area contributed by atoms with E-state index >= 15 is 0 Å². The highest BCUT2D eigenvalue weighted by molar-refractivity contribution is 5.97. The van der Waals surface area contributed by atoms with Gasteiger partial charge in [-0.15, -0.1) is 0 Å². The second-order valence-electron chi connectivity index (χ2n) is 3.68. The predicted molar refractivity (Wildman–Crippen MR) is 70.2 cm³/mol. The standard InChI is InChI=1S/C14H14O6/c1-18-12(15)5-4-9-6-10(13(16)19-2)8-11(7-9)14(17)20-3/h4-8H,1-3H3. The van der Waals surface area contributed by atoms with Crippen molar-refractivity contribution in [1.29, 1.82) is 0 Å². The van der Waals surface area contributed by atoms with Crippen LogP contribution in [-0.4, -0.2) is 39.2 Å². The van der Waals surface area contributed by atoms with Gasteiger partial charge in [0.1, 0.15) is 0 Å². The van der Waals surface area contributed by atoms with Crippen molar-refractivity contribution in [3.8, 4) is 0 Å². The van der Waals surface area contributed by atoms with Crippen molar-refractivity contribution in [3.05, 3.63) is 41.0 Å². The van der Waals surface area contributed by atoms with E-state index in [1.54, 1.807) is 0 Å². The van der Waals surface area contributed by atoms with E-state index in [2.05, 4.69) is 14.2 Å². The molecule has 0 aliphatic carbocycles. The zero-order chi connectivity index (χ0) is 15.1. The van der Waals surface area contributed by atoms with E-state index < -0.39 is 17.9 Å². The number of methoxy groups -OCH3 is 3. The molecule has 6 nitrogen and oxygen atoms in total. The number of hydrogen-bond acceptors (Lipinski definition) is 6. The highest BCUT2D eigenvalue weighted by Gasteiger charge is 2.13. The highest BCUT2D eigenvalue weighted by atomic mass is 16.5. The van der Waals surface area contributed by atoms with E-state index in [0.29, 0.717) is 5.56 Å². The van der Waals surface area contributed by atoms with Crippen molar-refractivity contribution in [2.24, 2.45) is 0 Å². The molecule has 0 saturated carbocycles. The van der Waals surface area contributed by atoms with Gasteiger partial charge in [0, 0.05) is 6.08 Å². The quantitative estimate of drug-likeness (QED) is 0.471. The summed E-state index contributed by atoms with van der Waals surface area (Å²) in [4.78, 5) is 34.1. The Labute approximate surface area is 115 Å². The van der Waals surface area contributed by atoms with Crippen LogP contribution in [0.3, 0.4) is 0 Å². The van der Waals surface area contributed by atoms with Crippen molar-refractivity contribution < 1.29 is 28.6 Å². The molecule has 0 heterocycles. The molecule has 0 unspecified atom stereocenters. The molecule has 106 valence electrons. The summed E-state index contributed by atoms with van der Waals surface area (Å²) in [6.45, 7) is 0. The van der Waals surface area contributed by atoms with Gasteiger partial charge in [0.05, 0.1) is 32.5 Å². The van der Waals surface area contributed by atoms with Crippen molar-refractivity contribution in [2.75, 3.05) is 21.3 Å². The monoisotopic (exact) mass is 278 g/mol. The molecule has 0 spiro atoms. The summed E-state index contributed by atoms with van der Waals surface area (Å²) in [6, 6.07) is 4.32. The molecule has 1 aromatic carbocycles. The molecule has 0 bridgehead atoms. The first-order chi connectivity index (χ1) is 9.51. The van der Waals surface area contributed by atoms with Crippen molar-refractivity contribution in [2.45, 2.75) is 0 Å². The molecule has 1 aromatic rings. The van der Waals surface area contributed by atoms with Gasteiger partial charge < -0.3 is 14.2 Å². The Morgan fingerprint density at radius 2 is 1.35 bits per heavy atom. The molecule has 20 heavy (non-hydrogen) atoms. The molecule has 0 atom stereocenters. The van der Waals surface area contributed by atoms with E-state index in [1.807, 2.05) is 0 Å². The summed E-state index contributed by atoms with van der Waals surface area (Å²) < 4.78 is 13.7. The average Bonchev–Trinajstić information content (AvgIpc) is 2.50. The van der Waals surface area contributed by atoms with Crippen LogP contribution in [0.1, 0.15) is 26.3 Å². The zero-order valence-electron chi connectivity index (χ0n) is 11.3. The summed E-state index contributed by atoms with van der Waals surface area (Å²) in [5.74, 6) is -1.74. The molecule has 1 rings (SSSR count). The number of benzene rings is 1. The first-order valence-corrected chi connectivity index (χ1v) is 5.59. The number of hydrogen-bond donors (Lipinski definition) is 0. The smallest absolute Gasteiger partial charge is 0.337 e. The lowest BCUT2D eigenvalue weighted by Crippen LogP contribution is -2.07. The molecule has 0 aromatic heterocycles. The Morgan fingerprint density at radius 1 is 0.850 bits per heavy atom. The third-order valence-corrected chi connectivity index (χ3v) is 2.41.